The van der Waals surface area contributed by atoms with Crippen molar-refractivity contribution in [1.82, 2.24) is 9.80 Å². The van der Waals surface area contributed by atoms with Crippen molar-refractivity contribution in [1.29, 1.82) is 0 Å². The van der Waals surface area contributed by atoms with Crippen LogP contribution in [0.3, 0.4) is 0 Å². The zero-order valence-corrected chi connectivity index (χ0v) is 40.4. The molecule has 1 unspecified atom stereocenters. The highest BCUT2D eigenvalue weighted by Gasteiger charge is 2.27. The molecule has 3 rings (SSSR count). The lowest BCUT2D eigenvalue weighted by Gasteiger charge is -2.26. The van der Waals surface area contributed by atoms with Gasteiger partial charge in [0.1, 0.15) is 26.4 Å². The molecule has 366 valence electrons. The molecule has 0 spiro atoms. The van der Waals surface area contributed by atoms with Crippen molar-refractivity contribution >= 4 is 53.3 Å². The summed E-state index contributed by atoms with van der Waals surface area (Å²) in [5, 5.41) is -0.186. The minimum absolute atomic E-state index is 0.0486. The Hall–Kier alpha value is -3.40. The Morgan fingerprint density at radius 1 is 0.531 bits per heavy atom. The molecule has 0 saturated heterocycles. The van der Waals surface area contributed by atoms with Crippen LogP contribution in [-0.4, -0.2) is 129 Å². The van der Waals surface area contributed by atoms with Crippen LogP contribution < -0.4 is 0 Å². The topological polar surface area (TPSA) is 181 Å². The molecule has 1 atom stereocenters. The highest BCUT2D eigenvalue weighted by molar-refractivity contribution is 8.13. The molecule has 3 saturated carbocycles. The Morgan fingerprint density at radius 3 is 1.27 bits per heavy atom. The van der Waals surface area contributed by atoms with Gasteiger partial charge in [-0.15, -0.1) is 0 Å². The summed E-state index contributed by atoms with van der Waals surface area (Å²) in [6.07, 6.45) is 12.5. The van der Waals surface area contributed by atoms with Crippen molar-refractivity contribution in [2.75, 3.05) is 65.9 Å². The number of thioether (sulfide) groups is 1. The van der Waals surface area contributed by atoms with E-state index in [-0.39, 0.29) is 113 Å². The number of hydrogen-bond donors (Lipinski definition) is 0. The summed E-state index contributed by atoms with van der Waals surface area (Å²) >= 11 is 1.17. The molecule has 15 nitrogen and oxygen atoms in total. The van der Waals surface area contributed by atoms with Crippen LogP contribution in [0.4, 0.5) is 4.79 Å². The number of carbonyl (C=O) groups excluding carboxylic acids is 7. The second-order valence-electron chi connectivity index (χ2n) is 19.2. The Balaban J connectivity index is 1.51. The fourth-order valence-corrected chi connectivity index (χ4v) is 9.48. The van der Waals surface area contributed by atoms with E-state index in [0.717, 1.165) is 90.0 Å². The van der Waals surface area contributed by atoms with Crippen molar-refractivity contribution < 1.29 is 62.0 Å². The molecule has 0 radical (unpaired) electrons. The SMILES string of the molecule is CC1CCC(CC(=O)OCC(COC=O)OC(=O)CCCN(CCCC(=O)OC(COC(=O)CC2CCC(C)CC2)COC(=O)CC2CCC(C)CC2)C(=O)SCCCN(C)C)CC1. The van der Waals surface area contributed by atoms with Crippen molar-refractivity contribution in [3.8, 4) is 0 Å². The molecule has 0 aliphatic heterocycles. The van der Waals surface area contributed by atoms with Gasteiger partial charge < -0.3 is 38.2 Å². The zero-order chi connectivity index (χ0) is 46.7. The molecule has 0 aromatic carbocycles. The highest BCUT2D eigenvalue weighted by Crippen LogP contribution is 2.32. The summed E-state index contributed by atoms with van der Waals surface area (Å²) in [7, 11) is 3.92. The van der Waals surface area contributed by atoms with Crippen LogP contribution in [0.15, 0.2) is 0 Å². The molecular weight excluding hydrogens is 845 g/mol. The summed E-state index contributed by atoms with van der Waals surface area (Å²) in [5.41, 5.74) is 0. The summed E-state index contributed by atoms with van der Waals surface area (Å²) < 4.78 is 32.6. The van der Waals surface area contributed by atoms with Crippen LogP contribution in [0.25, 0.3) is 0 Å². The normalized spacial score (nSPS) is 23.2. The van der Waals surface area contributed by atoms with Gasteiger partial charge >= 0.3 is 29.8 Å². The van der Waals surface area contributed by atoms with Crippen LogP contribution in [0, 0.1) is 35.5 Å². The molecule has 1 amide bonds. The van der Waals surface area contributed by atoms with Crippen LogP contribution >= 0.6 is 11.8 Å². The van der Waals surface area contributed by atoms with Crippen LogP contribution in [0.2, 0.25) is 0 Å². The van der Waals surface area contributed by atoms with E-state index in [0.29, 0.717) is 42.8 Å². The third-order valence-electron chi connectivity index (χ3n) is 12.9. The first-order valence-electron chi connectivity index (χ1n) is 24.2. The van der Waals surface area contributed by atoms with Gasteiger partial charge in [0.15, 0.2) is 12.2 Å². The molecule has 3 aliphatic rings. The minimum atomic E-state index is -0.973. The van der Waals surface area contributed by atoms with Crippen molar-refractivity contribution in [3.05, 3.63) is 0 Å². The smallest absolute Gasteiger partial charge is 0.306 e. The van der Waals surface area contributed by atoms with E-state index in [4.69, 9.17) is 28.4 Å². The standard InChI is InChI=1S/C48H80N2O13S/c1-35-11-17-38(18-12-35)27-45(54)59-31-41(30-58-34-51)62-43(52)9-6-24-50(48(57)64-26-8-23-49(4)5)25-7-10-44(53)63-42(32-60-46(55)28-39-19-13-36(2)14-20-39)33-61-47(56)29-40-21-15-37(3)16-22-40/h34-42H,6-33H2,1-5H3. The van der Waals surface area contributed by atoms with Gasteiger partial charge in [0.2, 0.25) is 0 Å². The predicted octanol–water partition coefficient (Wildman–Crippen LogP) is 7.93. The largest absolute Gasteiger partial charge is 0.464 e. The lowest BCUT2D eigenvalue weighted by atomic mass is 9.81. The lowest BCUT2D eigenvalue weighted by Crippen LogP contribution is -2.33. The number of esters is 5. The molecule has 0 aromatic heterocycles. The van der Waals surface area contributed by atoms with Gasteiger partial charge in [0.05, 0.1) is 0 Å². The predicted molar refractivity (Wildman–Crippen MR) is 243 cm³/mol. The van der Waals surface area contributed by atoms with E-state index in [2.05, 4.69) is 20.8 Å². The van der Waals surface area contributed by atoms with E-state index in [1.807, 2.05) is 19.0 Å². The van der Waals surface area contributed by atoms with Gasteiger partial charge in [-0.1, -0.05) is 71.1 Å². The minimum Gasteiger partial charge on any atom is -0.464 e. The molecule has 0 bridgehead atoms. The maximum atomic E-state index is 13.4. The third kappa shape index (κ3) is 24.8. The van der Waals surface area contributed by atoms with Crippen molar-refractivity contribution in [3.63, 3.8) is 0 Å². The molecule has 0 N–H and O–H groups in total. The summed E-state index contributed by atoms with van der Waals surface area (Å²) in [6, 6.07) is 0. The number of carbonyl (C=O) groups is 7. The molecule has 64 heavy (non-hydrogen) atoms. The van der Waals surface area contributed by atoms with Gasteiger partial charge in [0, 0.05) is 50.9 Å². The molecule has 16 heteroatoms. The number of ether oxygens (including phenoxy) is 6. The first-order valence-corrected chi connectivity index (χ1v) is 25.1. The van der Waals surface area contributed by atoms with Gasteiger partial charge in [-0.3, -0.25) is 33.6 Å². The summed E-state index contributed by atoms with van der Waals surface area (Å²) in [6.45, 7) is 7.17. The average Bonchev–Trinajstić information content (AvgIpc) is 3.26. The Labute approximate surface area is 386 Å². The third-order valence-corrected chi connectivity index (χ3v) is 13.9. The maximum Gasteiger partial charge on any atom is 0.306 e. The van der Waals surface area contributed by atoms with E-state index < -0.39 is 24.1 Å². The number of rotatable bonds is 29. The monoisotopic (exact) mass is 925 g/mol. The lowest BCUT2D eigenvalue weighted by molar-refractivity contribution is -0.167. The second kappa shape index (κ2) is 31.5. The van der Waals surface area contributed by atoms with Crippen LogP contribution in [-0.2, 0) is 57.2 Å². The molecule has 3 fully saturated rings. The van der Waals surface area contributed by atoms with E-state index in [1.54, 1.807) is 4.90 Å². The number of amides is 1. The van der Waals surface area contributed by atoms with Crippen LogP contribution in [0.1, 0.15) is 149 Å². The van der Waals surface area contributed by atoms with Gasteiger partial charge in [-0.25, -0.2) is 0 Å². The quantitative estimate of drug-likeness (QED) is 0.0305. The average molecular weight is 925 g/mol. The van der Waals surface area contributed by atoms with Gasteiger partial charge in [-0.05, 0) is 114 Å². The first-order chi connectivity index (χ1) is 30.7. The van der Waals surface area contributed by atoms with E-state index in [1.165, 1.54) is 11.8 Å². The maximum absolute atomic E-state index is 13.4. The number of nitrogens with zero attached hydrogens (tertiary/aromatic N) is 2. The Morgan fingerprint density at radius 2 is 0.906 bits per heavy atom. The molecule has 0 aromatic rings. The molecule has 0 heterocycles. The van der Waals surface area contributed by atoms with Gasteiger partial charge in [0.25, 0.3) is 11.7 Å². The Kier molecular flexibility index (Phi) is 27.0. The highest BCUT2D eigenvalue weighted by atomic mass is 32.2. The fourth-order valence-electron chi connectivity index (χ4n) is 8.66. The van der Waals surface area contributed by atoms with E-state index in [9.17, 15) is 33.6 Å². The zero-order valence-electron chi connectivity index (χ0n) is 39.6. The summed E-state index contributed by atoms with van der Waals surface area (Å²) in [4.78, 5) is 92.2. The second-order valence-corrected chi connectivity index (χ2v) is 20.2. The van der Waals surface area contributed by atoms with Crippen molar-refractivity contribution in [2.45, 2.75) is 161 Å². The van der Waals surface area contributed by atoms with Gasteiger partial charge in [-0.2, -0.15) is 0 Å². The first kappa shape index (κ1) is 54.9. The molecule has 3 aliphatic carbocycles. The van der Waals surface area contributed by atoms with E-state index >= 15 is 0 Å². The molecular formula is C48H80N2O13S. The van der Waals surface area contributed by atoms with Crippen LogP contribution in [0.5, 0.6) is 0 Å². The number of hydrogen-bond acceptors (Lipinski definition) is 15. The summed E-state index contributed by atoms with van der Waals surface area (Å²) in [5.74, 6) is 1.07. The fraction of sp³-hybridized carbons (Fsp3) is 0.854. The Bertz CT molecular complexity index is 1370. The van der Waals surface area contributed by atoms with Crippen molar-refractivity contribution in [2.24, 2.45) is 35.5 Å².